The van der Waals surface area contributed by atoms with Crippen LogP contribution in [0.2, 0.25) is 0 Å². The smallest absolute Gasteiger partial charge is 0.312 e. The molecule has 0 fully saturated rings. The highest BCUT2D eigenvalue weighted by molar-refractivity contribution is 6.05. The summed E-state index contributed by atoms with van der Waals surface area (Å²) in [5.74, 6) is -10.7. The quantitative estimate of drug-likeness (QED) is 0.375. The molecule has 0 aliphatic rings. The van der Waals surface area contributed by atoms with Gasteiger partial charge in [-0.05, 0) is 12.1 Å². The Kier molecular flexibility index (Phi) is 5.29. The zero-order chi connectivity index (χ0) is 19.6. The van der Waals surface area contributed by atoms with Crippen LogP contribution in [0.3, 0.4) is 0 Å². The van der Waals surface area contributed by atoms with Gasteiger partial charge in [-0.2, -0.15) is 8.78 Å². The normalized spacial score (nSPS) is 10.4. The topological polar surface area (TPSA) is 90.7 Å². The summed E-state index contributed by atoms with van der Waals surface area (Å²) in [5, 5.41) is 12.9. The van der Waals surface area contributed by atoms with Gasteiger partial charge in [0.25, 0.3) is 5.91 Å². The maximum absolute atomic E-state index is 13.9. The van der Waals surface area contributed by atoms with Gasteiger partial charge in [-0.15, -0.1) is 0 Å². The average molecular weight is 374 g/mol. The number of rotatable bonds is 5. The third-order valence-corrected chi connectivity index (χ3v) is 3.29. The van der Waals surface area contributed by atoms with E-state index in [1.165, 1.54) is 7.11 Å². The molecule has 0 heterocycles. The van der Waals surface area contributed by atoms with E-state index < -0.39 is 51.1 Å². The lowest BCUT2D eigenvalue weighted by molar-refractivity contribution is -0.385. The Morgan fingerprint density at radius 2 is 1.62 bits per heavy atom. The van der Waals surface area contributed by atoms with Crippen molar-refractivity contribution in [1.82, 2.24) is 0 Å². The molecule has 0 aliphatic heterocycles. The van der Waals surface area contributed by atoms with E-state index in [9.17, 15) is 32.5 Å². The molecule has 1 N–H and O–H groups in total. The number of nitrogens with zero attached hydrogens (tertiary/aromatic N) is 1. The molecular formula is C15H10F4N2O5. The van der Waals surface area contributed by atoms with Gasteiger partial charge in [-0.25, -0.2) is 8.78 Å². The molecule has 0 atom stereocenters. The number of hydrogen-bond acceptors (Lipinski definition) is 5. The Bertz CT molecular complexity index is 875. The lowest BCUT2D eigenvalue weighted by Gasteiger charge is -2.11. The number of halogens is 4. The van der Waals surface area contributed by atoms with Gasteiger partial charge in [0, 0.05) is 11.8 Å². The molecule has 0 radical (unpaired) electrons. The second-order valence-electron chi connectivity index (χ2n) is 4.76. The van der Waals surface area contributed by atoms with Crippen molar-refractivity contribution in [3.63, 3.8) is 0 Å². The number of carbonyl (C=O) groups is 1. The van der Waals surface area contributed by atoms with Crippen molar-refractivity contribution in [2.24, 2.45) is 0 Å². The van der Waals surface area contributed by atoms with Crippen LogP contribution in [0.5, 0.6) is 11.5 Å². The van der Waals surface area contributed by atoms with E-state index in [1.807, 2.05) is 5.32 Å². The summed E-state index contributed by atoms with van der Waals surface area (Å²) < 4.78 is 64.2. The van der Waals surface area contributed by atoms with E-state index >= 15 is 0 Å². The lowest BCUT2D eigenvalue weighted by atomic mass is 10.1. The van der Waals surface area contributed by atoms with Gasteiger partial charge in [0.15, 0.2) is 23.1 Å². The Labute approximate surface area is 143 Å². The monoisotopic (exact) mass is 374 g/mol. The highest BCUT2D eigenvalue weighted by Crippen LogP contribution is 2.32. The first-order valence-corrected chi connectivity index (χ1v) is 6.76. The number of methoxy groups -OCH3 is 2. The zero-order valence-corrected chi connectivity index (χ0v) is 13.2. The molecule has 2 aromatic carbocycles. The van der Waals surface area contributed by atoms with Crippen LogP contribution >= 0.6 is 0 Å². The van der Waals surface area contributed by atoms with Crippen molar-refractivity contribution in [3.05, 3.63) is 57.1 Å². The molecule has 0 unspecified atom stereocenters. The number of nitro benzene ring substituents is 1. The summed E-state index contributed by atoms with van der Waals surface area (Å²) in [6.45, 7) is 0. The van der Waals surface area contributed by atoms with E-state index in [1.54, 1.807) is 0 Å². The molecule has 0 spiro atoms. The van der Waals surface area contributed by atoms with Crippen LogP contribution in [0.1, 0.15) is 10.4 Å². The van der Waals surface area contributed by atoms with Gasteiger partial charge < -0.3 is 14.8 Å². The molecule has 0 saturated carbocycles. The van der Waals surface area contributed by atoms with Crippen LogP contribution in [-0.2, 0) is 0 Å². The molecule has 11 heteroatoms. The summed E-state index contributed by atoms with van der Waals surface area (Å²) in [4.78, 5) is 22.1. The predicted molar refractivity (Wildman–Crippen MR) is 80.4 cm³/mol. The summed E-state index contributed by atoms with van der Waals surface area (Å²) in [5.41, 5.74) is -2.34. The first-order chi connectivity index (χ1) is 12.2. The van der Waals surface area contributed by atoms with Crippen LogP contribution in [-0.4, -0.2) is 25.1 Å². The van der Waals surface area contributed by atoms with Crippen LogP contribution in [0.15, 0.2) is 18.2 Å². The second kappa shape index (κ2) is 7.25. The van der Waals surface area contributed by atoms with Gasteiger partial charge in [0.05, 0.1) is 19.1 Å². The molecule has 0 aromatic heterocycles. The number of carbonyl (C=O) groups excluding carboxylic acids is 1. The highest BCUT2D eigenvalue weighted by atomic mass is 19.2. The number of amides is 1. The summed E-state index contributed by atoms with van der Waals surface area (Å²) in [7, 11) is 1.96. The predicted octanol–water partition coefficient (Wildman–Crippen LogP) is 3.42. The van der Waals surface area contributed by atoms with Gasteiger partial charge >= 0.3 is 5.69 Å². The van der Waals surface area contributed by atoms with E-state index in [2.05, 4.69) is 4.74 Å². The number of nitro groups is 1. The first kappa shape index (κ1) is 19.0. The third-order valence-electron chi connectivity index (χ3n) is 3.29. The first-order valence-electron chi connectivity index (χ1n) is 6.76. The van der Waals surface area contributed by atoms with Gasteiger partial charge in [-0.3, -0.25) is 14.9 Å². The fourth-order valence-corrected chi connectivity index (χ4v) is 2.09. The minimum Gasteiger partial charge on any atom is -0.491 e. The Morgan fingerprint density at radius 1 is 1.04 bits per heavy atom. The van der Waals surface area contributed by atoms with Crippen molar-refractivity contribution >= 4 is 17.3 Å². The molecule has 2 rings (SSSR count). The molecule has 2 aromatic rings. The van der Waals surface area contributed by atoms with E-state index in [0.29, 0.717) is 0 Å². The van der Waals surface area contributed by atoms with Gasteiger partial charge in [0.1, 0.15) is 5.56 Å². The Hall–Kier alpha value is -3.37. The number of benzene rings is 2. The van der Waals surface area contributed by atoms with Gasteiger partial charge in [-0.1, -0.05) is 0 Å². The van der Waals surface area contributed by atoms with Crippen molar-refractivity contribution in [2.75, 3.05) is 19.5 Å². The summed E-state index contributed by atoms with van der Waals surface area (Å²) in [6.07, 6.45) is 0. The number of anilines is 1. The Morgan fingerprint density at radius 3 is 2.08 bits per heavy atom. The molecule has 0 saturated heterocycles. The summed E-state index contributed by atoms with van der Waals surface area (Å²) in [6, 6.07) is 3.11. The molecule has 1 amide bonds. The minimum atomic E-state index is -1.97. The zero-order valence-electron chi connectivity index (χ0n) is 13.2. The number of hydrogen-bond donors (Lipinski definition) is 1. The van der Waals surface area contributed by atoms with E-state index in [0.717, 1.165) is 25.3 Å². The van der Waals surface area contributed by atoms with Gasteiger partial charge in [0.2, 0.25) is 11.6 Å². The molecule has 7 nitrogen and oxygen atoms in total. The summed E-state index contributed by atoms with van der Waals surface area (Å²) >= 11 is 0. The van der Waals surface area contributed by atoms with Crippen molar-refractivity contribution in [1.29, 1.82) is 0 Å². The minimum absolute atomic E-state index is 0.133. The van der Waals surface area contributed by atoms with Crippen molar-refractivity contribution in [2.45, 2.75) is 0 Å². The van der Waals surface area contributed by atoms with Crippen LogP contribution < -0.4 is 14.8 Å². The Balaban J connectivity index is 2.46. The number of ether oxygens (including phenoxy) is 2. The van der Waals surface area contributed by atoms with Crippen molar-refractivity contribution in [3.8, 4) is 11.5 Å². The fourth-order valence-electron chi connectivity index (χ4n) is 2.09. The van der Waals surface area contributed by atoms with Crippen LogP contribution in [0.25, 0.3) is 0 Å². The maximum atomic E-state index is 13.9. The van der Waals surface area contributed by atoms with E-state index in [4.69, 9.17) is 4.74 Å². The largest absolute Gasteiger partial charge is 0.491 e. The lowest BCUT2D eigenvalue weighted by Crippen LogP contribution is -2.19. The molecule has 26 heavy (non-hydrogen) atoms. The molecular weight excluding hydrogens is 364 g/mol. The van der Waals surface area contributed by atoms with Crippen molar-refractivity contribution < 1.29 is 36.8 Å². The highest BCUT2D eigenvalue weighted by Gasteiger charge is 2.30. The average Bonchev–Trinajstić information content (AvgIpc) is 2.60. The maximum Gasteiger partial charge on any atom is 0.312 e. The van der Waals surface area contributed by atoms with E-state index in [-0.39, 0.29) is 11.4 Å². The fraction of sp³-hybridized carbons (Fsp3) is 0.133. The SMILES string of the molecule is COc1ccc(NC(=O)c2c(F)c(F)c(OC)c(F)c2F)cc1[N+](=O)[O-]. The molecule has 138 valence electrons. The standard InChI is InChI=1S/C15H10F4N2O5/c1-25-8-4-3-6(5-7(8)21(23)24)20-15(22)9-10(16)12(18)14(26-2)13(19)11(9)17/h3-5H,1-2H3,(H,20,22). The number of nitrogens with one attached hydrogen (secondary N) is 1. The molecule has 0 bridgehead atoms. The van der Waals surface area contributed by atoms with Crippen LogP contribution in [0.4, 0.5) is 28.9 Å². The van der Waals surface area contributed by atoms with Crippen LogP contribution in [0, 0.1) is 33.4 Å². The molecule has 0 aliphatic carbocycles. The second-order valence-corrected chi connectivity index (χ2v) is 4.76. The third kappa shape index (κ3) is 3.23.